The molecule has 0 radical (unpaired) electrons. The summed E-state index contributed by atoms with van der Waals surface area (Å²) in [4.78, 5) is 26.2. The van der Waals surface area contributed by atoms with E-state index in [0.29, 0.717) is 36.8 Å². The molecular formula is C20H21BrFN3O2. The van der Waals surface area contributed by atoms with Gasteiger partial charge in [0.15, 0.2) is 0 Å². The third-order valence-corrected chi connectivity index (χ3v) is 5.18. The smallest absolute Gasteiger partial charge is 0.321 e. The summed E-state index contributed by atoms with van der Waals surface area (Å²) in [7, 11) is 0. The van der Waals surface area contributed by atoms with Gasteiger partial charge in [-0.2, -0.15) is 0 Å². The zero-order valence-electron chi connectivity index (χ0n) is 14.8. The normalized spacial score (nSPS) is 14.7. The van der Waals surface area contributed by atoms with Gasteiger partial charge >= 0.3 is 6.03 Å². The van der Waals surface area contributed by atoms with Gasteiger partial charge < -0.3 is 15.5 Å². The number of likely N-dealkylation sites (tertiary alicyclic amines) is 1. The molecule has 0 atom stereocenters. The standard InChI is InChI=1S/C20H21BrFN3O2/c21-16-3-1-15(2-4-16)19(26)23-13-14-9-11-25(12-10-14)20(27)24-18-7-5-17(22)6-8-18/h1-8,14H,9-13H2,(H,23,26)(H,24,27). The fourth-order valence-electron chi connectivity index (χ4n) is 3.02. The number of rotatable bonds is 4. The van der Waals surface area contributed by atoms with Gasteiger partial charge in [-0.05, 0) is 67.3 Å². The van der Waals surface area contributed by atoms with E-state index in [1.54, 1.807) is 17.0 Å². The maximum Gasteiger partial charge on any atom is 0.321 e. The van der Waals surface area contributed by atoms with Gasteiger partial charge in [0.25, 0.3) is 5.91 Å². The molecular weight excluding hydrogens is 413 g/mol. The van der Waals surface area contributed by atoms with E-state index in [2.05, 4.69) is 26.6 Å². The van der Waals surface area contributed by atoms with Crippen molar-refractivity contribution in [2.24, 2.45) is 5.92 Å². The summed E-state index contributed by atoms with van der Waals surface area (Å²) in [6.45, 7) is 1.86. The molecule has 2 aromatic carbocycles. The molecule has 1 fully saturated rings. The van der Waals surface area contributed by atoms with Crippen molar-refractivity contribution in [1.82, 2.24) is 10.2 Å². The average Bonchev–Trinajstić information content (AvgIpc) is 2.69. The van der Waals surface area contributed by atoms with E-state index in [0.717, 1.165) is 17.3 Å². The van der Waals surface area contributed by atoms with Crippen LogP contribution in [-0.2, 0) is 0 Å². The number of hydrogen-bond donors (Lipinski definition) is 2. The van der Waals surface area contributed by atoms with Gasteiger partial charge in [-0.3, -0.25) is 4.79 Å². The highest BCUT2D eigenvalue weighted by atomic mass is 79.9. The maximum atomic E-state index is 12.9. The van der Waals surface area contributed by atoms with Gasteiger partial charge in [0.2, 0.25) is 0 Å². The van der Waals surface area contributed by atoms with E-state index in [9.17, 15) is 14.0 Å². The van der Waals surface area contributed by atoms with Gasteiger partial charge in [0, 0.05) is 35.4 Å². The van der Waals surface area contributed by atoms with Crippen LogP contribution in [0.15, 0.2) is 53.0 Å². The third-order valence-electron chi connectivity index (χ3n) is 4.65. The number of nitrogens with one attached hydrogen (secondary N) is 2. The van der Waals surface area contributed by atoms with Crippen molar-refractivity contribution in [3.8, 4) is 0 Å². The van der Waals surface area contributed by atoms with E-state index in [4.69, 9.17) is 0 Å². The van der Waals surface area contributed by atoms with Crippen LogP contribution in [0.1, 0.15) is 23.2 Å². The van der Waals surface area contributed by atoms with Crippen molar-refractivity contribution in [2.75, 3.05) is 25.0 Å². The van der Waals surface area contributed by atoms with Crippen molar-refractivity contribution in [3.63, 3.8) is 0 Å². The highest BCUT2D eigenvalue weighted by molar-refractivity contribution is 9.10. The summed E-state index contributed by atoms with van der Waals surface area (Å²) < 4.78 is 13.9. The van der Waals surface area contributed by atoms with E-state index in [1.807, 2.05) is 12.1 Å². The Morgan fingerprint density at radius 1 is 1.04 bits per heavy atom. The summed E-state index contributed by atoms with van der Waals surface area (Å²) in [5, 5.41) is 5.75. The number of halogens is 2. The molecule has 27 heavy (non-hydrogen) atoms. The van der Waals surface area contributed by atoms with Crippen LogP contribution in [0.3, 0.4) is 0 Å². The Labute approximate surface area is 166 Å². The SMILES string of the molecule is O=C(NCC1CCN(C(=O)Nc2ccc(F)cc2)CC1)c1ccc(Br)cc1. The van der Waals surface area contributed by atoms with Crippen LogP contribution >= 0.6 is 15.9 Å². The molecule has 1 saturated heterocycles. The van der Waals surface area contributed by atoms with Crippen LogP contribution < -0.4 is 10.6 Å². The Hall–Kier alpha value is -2.41. The second-order valence-electron chi connectivity index (χ2n) is 6.58. The Balaban J connectivity index is 1.41. The highest BCUT2D eigenvalue weighted by Gasteiger charge is 2.23. The van der Waals surface area contributed by atoms with Crippen LogP contribution in [-0.4, -0.2) is 36.5 Å². The largest absolute Gasteiger partial charge is 0.352 e. The van der Waals surface area contributed by atoms with Crippen molar-refractivity contribution >= 4 is 33.6 Å². The van der Waals surface area contributed by atoms with Gasteiger partial charge in [0.05, 0.1) is 0 Å². The molecule has 0 unspecified atom stereocenters. The molecule has 142 valence electrons. The first-order valence-corrected chi connectivity index (χ1v) is 9.66. The van der Waals surface area contributed by atoms with Crippen LogP contribution in [0, 0.1) is 11.7 Å². The van der Waals surface area contributed by atoms with E-state index in [1.165, 1.54) is 24.3 Å². The topological polar surface area (TPSA) is 61.4 Å². The lowest BCUT2D eigenvalue weighted by Crippen LogP contribution is -2.43. The monoisotopic (exact) mass is 433 g/mol. The summed E-state index contributed by atoms with van der Waals surface area (Å²) in [6, 6.07) is 12.8. The molecule has 1 aliphatic rings. The fourth-order valence-corrected chi connectivity index (χ4v) is 3.28. The lowest BCUT2D eigenvalue weighted by molar-refractivity contribution is 0.0938. The minimum absolute atomic E-state index is 0.0843. The second kappa shape index (κ2) is 8.99. The maximum absolute atomic E-state index is 12.9. The summed E-state index contributed by atoms with van der Waals surface area (Å²) >= 11 is 3.35. The van der Waals surface area contributed by atoms with Crippen LogP contribution in [0.5, 0.6) is 0 Å². The third kappa shape index (κ3) is 5.53. The molecule has 1 heterocycles. The molecule has 0 aliphatic carbocycles. The molecule has 3 amide bonds. The zero-order chi connectivity index (χ0) is 19.2. The number of carbonyl (C=O) groups excluding carboxylic acids is 2. The van der Waals surface area contributed by atoms with E-state index < -0.39 is 0 Å². The van der Waals surface area contributed by atoms with Gasteiger partial charge in [-0.1, -0.05) is 15.9 Å². The number of amides is 3. The minimum atomic E-state index is -0.334. The quantitative estimate of drug-likeness (QED) is 0.756. The number of piperidine rings is 1. The molecule has 7 heteroatoms. The highest BCUT2D eigenvalue weighted by Crippen LogP contribution is 2.18. The molecule has 0 aromatic heterocycles. The summed E-state index contributed by atoms with van der Waals surface area (Å²) in [5.74, 6) is -0.0720. The van der Waals surface area contributed by atoms with Gasteiger partial charge in [-0.25, -0.2) is 9.18 Å². The zero-order valence-corrected chi connectivity index (χ0v) is 16.3. The first kappa shape index (κ1) is 19.4. The van der Waals surface area contributed by atoms with Crippen molar-refractivity contribution < 1.29 is 14.0 Å². The van der Waals surface area contributed by atoms with Gasteiger partial charge in [-0.15, -0.1) is 0 Å². The molecule has 0 spiro atoms. The first-order valence-electron chi connectivity index (χ1n) is 8.86. The molecule has 3 rings (SSSR count). The molecule has 5 nitrogen and oxygen atoms in total. The number of urea groups is 1. The van der Waals surface area contributed by atoms with Gasteiger partial charge in [0.1, 0.15) is 5.82 Å². The Bertz CT molecular complexity index is 788. The molecule has 2 aromatic rings. The van der Waals surface area contributed by atoms with Crippen LogP contribution in [0.2, 0.25) is 0 Å². The number of anilines is 1. The number of benzene rings is 2. The Morgan fingerprint density at radius 2 is 1.67 bits per heavy atom. The Kier molecular flexibility index (Phi) is 6.45. The van der Waals surface area contributed by atoms with E-state index >= 15 is 0 Å². The fraction of sp³-hybridized carbons (Fsp3) is 0.300. The van der Waals surface area contributed by atoms with Crippen molar-refractivity contribution in [1.29, 1.82) is 0 Å². The van der Waals surface area contributed by atoms with Crippen molar-refractivity contribution in [2.45, 2.75) is 12.8 Å². The Morgan fingerprint density at radius 3 is 2.30 bits per heavy atom. The number of hydrogen-bond acceptors (Lipinski definition) is 2. The molecule has 0 saturated carbocycles. The minimum Gasteiger partial charge on any atom is -0.352 e. The van der Waals surface area contributed by atoms with Crippen LogP contribution in [0.4, 0.5) is 14.9 Å². The number of nitrogens with zero attached hydrogens (tertiary/aromatic N) is 1. The predicted octanol–water partition coefficient (Wildman–Crippen LogP) is 4.26. The predicted molar refractivity (Wildman–Crippen MR) is 106 cm³/mol. The number of carbonyl (C=O) groups is 2. The summed E-state index contributed by atoms with van der Waals surface area (Å²) in [6.07, 6.45) is 1.66. The van der Waals surface area contributed by atoms with Crippen LogP contribution in [0.25, 0.3) is 0 Å². The average molecular weight is 434 g/mol. The lowest BCUT2D eigenvalue weighted by Gasteiger charge is -2.32. The second-order valence-corrected chi connectivity index (χ2v) is 7.50. The van der Waals surface area contributed by atoms with Crippen molar-refractivity contribution in [3.05, 3.63) is 64.4 Å². The van der Waals surface area contributed by atoms with E-state index in [-0.39, 0.29) is 17.8 Å². The molecule has 0 bridgehead atoms. The first-order chi connectivity index (χ1) is 13.0. The summed E-state index contributed by atoms with van der Waals surface area (Å²) in [5.41, 5.74) is 1.21. The molecule has 2 N–H and O–H groups in total. The lowest BCUT2D eigenvalue weighted by atomic mass is 9.97. The molecule has 1 aliphatic heterocycles.